The summed E-state index contributed by atoms with van der Waals surface area (Å²) >= 11 is 0. The molecular weight excluding hydrogens is 336 g/mol. The van der Waals surface area contributed by atoms with Gasteiger partial charge >= 0.3 is 11.9 Å². The van der Waals surface area contributed by atoms with Crippen LogP contribution >= 0.6 is 0 Å². The Balaban J connectivity index is 2.11. The van der Waals surface area contributed by atoms with E-state index in [9.17, 15) is 9.59 Å². The number of rotatable bonds is 6. The first-order chi connectivity index (χ1) is 12.4. The minimum Gasteiger partial charge on any atom is -0.480 e. The lowest BCUT2D eigenvalue weighted by Crippen LogP contribution is -2.25. The highest BCUT2D eigenvalue weighted by Crippen LogP contribution is 2.27. The van der Waals surface area contributed by atoms with Crippen LogP contribution < -0.4 is 10.6 Å². The van der Waals surface area contributed by atoms with Gasteiger partial charge in [-0.1, -0.05) is 12.1 Å². The van der Waals surface area contributed by atoms with Crippen molar-refractivity contribution >= 4 is 45.4 Å². The number of carboxylic acids is 2. The topological polar surface area (TPSA) is 124 Å². The Kier molecular flexibility index (Phi) is 4.57. The monoisotopic (exact) mass is 354 g/mol. The van der Waals surface area contributed by atoms with Gasteiger partial charge in [0.2, 0.25) is 0 Å². The predicted octanol–water partition coefficient (Wildman–Crippen LogP) is 2.55. The molecule has 0 saturated carbocycles. The van der Waals surface area contributed by atoms with Crippen molar-refractivity contribution in [3.05, 3.63) is 36.4 Å². The van der Waals surface area contributed by atoms with Crippen molar-refractivity contribution in [3.63, 3.8) is 0 Å². The van der Waals surface area contributed by atoms with Crippen LogP contribution in [0.5, 0.6) is 0 Å². The molecule has 134 valence electrons. The van der Waals surface area contributed by atoms with Crippen LogP contribution in [0.1, 0.15) is 13.8 Å². The molecule has 3 aromatic rings. The number of nitrogens with one attached hydrogen (secondary N) is 2. The summed E-state index contributed by atoms with van der Waals surface area (Å²) in [5.41, 5.74) is 3.41. The zero-order chi connectivity index (χ0) is 18.8. The lowest BCUT2D eigenvalue weighted by Gasteiger charge is -2.15. The average Bonchev–Trinajstić information content (AvgIpc) is 2.60. The molecule has 4 N–H and O–H groups in total. The molecule has 2 atom stereocenters. The summed E-state index contributed by atoms with van der Waals surface area (Å²) in [6.07, 6.45) is 0. The van der Waals surface area contributed by atoms with Crippen LogP contribution in [0.4, 0.5) is 11.4 Å². The summed E-state index contributed by atoms with van der Waals surface area (Å²) in [4.78, 5) is 31.4. The molecule has 0 fully saturated rings. The molecule has 26 heavy (non-hydrogen) atoms. The number of anilines is 2. The van der Waals surface area contributed by atoms with E-state index in [-0.39, 0.29) is 0 Å². The van der Waals surface area contributed by atoms with Gasteiger partial charge in [-0.05, 0) is 38.1 Å². The molecule has 0 aliphatic heterocycles. The zero-order valence-corrected chi connectivity index (χ0v) is 14.2. The fourth-order valence-corrected chi connectivity index (χ4v) is 2.54. The Morgan fingerprint density at radius 2 is 1.19 bits per heavy atom. The van der Waals surface area contributed by atoms with Crippen molar-refractivity contribution in [1.82, 2.24) is 9.97 Å². The normalized spacial score (nSPS) is 13.3. The van der Waals surface area contributed by atoms with E-state index in [2.05, 4.69) is 20.6 Å². The van der Waals surface area contributed by atoms with E-state index in [0.29, 0.717) is 33.4 Å². The van der Waals surface area contributed by atoms with Gasteiger partial charge in [0.05, 0.1) is 22.4 Å². The highest BCUT2D eigenvalue weighted by molar-refractivity contribution is 5.98. The van der Waals surface area contributed by atoms with Crippen LogP contribution in [0.2, 0.25) is 0 Å². The maximum absolute atomic E-state index is 11.1. The van der Waals surface area contributed by atoms with Crippen molar-refractivity contribution in [2.75, 3.05) is 10.6 Å². The third-order valence-corrected chi connectivity index (χ3v) is 3.98. The smallest absolute Gasteiger partial charge is 0.325 e. The first-order valence-electron chi connectivity index (χ1n) is 8.05. The van der Waals surface area contributed by atoms with Crippen LogP contribution in [0.25, 0.3) is 22.1 Å². The molecule has 8 nitrogen and oxygen atoms in total. The average molecular weight is 354 g/mol. The Hall–Kier alpha value is -3.42. The molecule has 0 radical (unpaired) electrons. The maximum atomic E-state index is 11.1. The maximum Gasteiger partial charge on any atom is 0.325 e. The second-order valence-corrected chi connectivity index (χ2v) is 5.98. The van der Waals surface area contributed by atoms with Gasteiger partial charge in [0.15, 0.2) is 0 Å². The number of para-hydroxylation sites is 2. The molecule has 0 aliphatic rings. The lowest BCUT2D eigenvalue weighted by atomic mass is 10.2. The van der Waals surface area contributed by atoms with Gasteiger partial charge in [0.25, 0.3) is 0 Å². The summed E-state index contributed by atoms with van der Waals surface area (Å²) in [6, 6.07) is 9.01. The van der Waals surface area contributed by atoms with E-state index in [1.807, 2.05) is 0 Å². The Morgan fingerprint density at radius 1 is 0.808 bits per heavy atom. The molecule has 0 saturated heterocycles. The van der Waals surface area contributed by atoms with Gasteiger partial charge < -0.3 is 20.8 Å². The second-order valence-electron chi connectivity index (χ2n) is 5.98. The van der Waals surface area contributed by atoms with Crippen molar-refractivity contribution in [3.8, 4) is 0 Å². The number of nitrogens with zero attached hydrogens (tertiary/aromatic N) is 2. The van der Waals surface area contributed by atoms with E-state index in [1.54, 1.807) is 50.2 Å². The number of aliphatic carboxylic acids is 2. The third kappa shape index (κ3) is 3.34. The Bertz CT molecular complexity index is 924. The molecule has 0 bridgehead atoms. The fraction of sp³-hybridized carbons (Fsp3) is 0.222. The number of benzene rings is 2. The highest BCUT2D eigenvalue weighted by Gasteiger charge is 2.16. The minimum atomic E-state index is -0.968. The van der Waals surface area contributed by atoms with Crippen LogP contribution in [0.15, 0.2) is 36.4 Å². The predicted molar refractivity (Wildman–Crippen MR) is 98.5 cm³/mol. The van der Waals surface area contributed by atoms with E-state index < -0.39 is 24.0 Å². The van der Waals surface area contributed by atoms with Crippen molar-refractivity contribution in [2.45, 2.75) is 25.9 Å². The van der Waals surface area contributed by atoms with E-state index in [1.165, 1.54) is 0 Å². The minimum absolute atomic E-state index is 0.552. The molecule has 3 rings (SSSR count). The number of carbonyl (C=O) groups is 2. The van der Waals surface area contributed by atoms with Crippen LogP contribution in [0.3, 0.4) is 0 Å². The number of aromatic nitrogens is 2. The van der Waals surface area contributed by atoms with Gasteiger partial charge in [-0.2, -0.15) is 0 Å². The van der Waals surface area contributed by atoms with Crippen LogP contribution in [-0.4, -0.2) is 44.2 Å². The lowest BCUT2D eigenvalue weighted by molar-refractivity contribution is -0.138. The highest BCUT2D eigenvalue weighted by atomic mass is 16.4. The Labute approximate surface area is 148 Å². The SMILES string of the molecule is CC(Nc1cccc2nc3c(NC(C)C(=O)O)cccc3nc12)C(=O)O. The molecule has 2 aromatic carbocycles. The molecule has 0 amide bonds. The third-order valence-electron chi connectivity index (χ3n) is 3.98. The summed E-state index contributed by atoms with van der Waals surface area (Å²) in [7, 11) is 0. The molecule has 0 spiro atoms. The van der Waals surface area contributed by atoms with Gasteiger partial charge in [0.1, 0.15) is 23.1 Å². The molecule has 1 aromatic heterocycles. The fourth-order valence-electron chi connectivity index (χ4n) is 2.54. The first kappa shape index (κ1) is 17.4. The number of hydrogen-bond acceptors (Lipinski definition) is 6. The van der Waals surface area contributed by atoms with E-state index in [0.717, 1.165) is 0 Å². The summed E-state index contributed by atoms with van der Waals surface area (Å²) in [5.74, 6) is -1.94. The quantitative estimate of drug-likeness (QED) is 0.498. The van der Waals surface area contributed by atoms with Crippen LogP contribution in [-0.2, 0) is 9.59 Å². The number of hydrogen-bond donors (Lipinski definition) is 4. The summed E-state index contributed by atoms with van der Waals surface area (Å²) in [5, 5.41) is 24.0. The van der Waals surface area contributed by atoms with E-state index >= 15 is 0 Å². The molecule has 2 unspecified atom stereocenters. The van der Waals surface area contributed by atoms with Gasteiger partial charge in [0, 0.05) is 0 Å². The van der Waals surface area contributed by atoms with Crippen molar-refractivity contribution < 1.29 is 19.8 Å². The molecule has 8 heteroatoms. The number of carboxylic acid groups (broad SMARTS) is 2. The standard InChI is InChI=1S/C18H18N4O4/c1-9(17(23)24)19-11-5-3-7-13-15(11)21-14-8-4-6-12(16(14)22-13)20-10(2)18(25)26/h3-10,19-20H,1-2H3,(H,23,24)(H,25,26). The largest absolute Gasteiger partial charge is 0.480 e. The first-order valence-corrected chi connectivity index (χ1v) is 8.05. The van der Waals surface area contributed by atoms with E-state index in [4.69, 9.17) is 10.2 Å². The Morgan fingerprint density at radius 3 is 1.54 bits per heavy atom. The molecular formula is C18H18N4O4. The molecule has 1 heterocycles. The van der Waals surface area contributed by atoms with Crippen molar-refractivity contribution in [1.29, 1.82) is 0 Å². The second kappa shape index (κ2) is 6.83. The summed E-state index contributed by atoms with van der Waals surface area (Å²) in [6.45, 7) is 3.09. The number of fused-ring (bicyclic) bond motifs is 2. The zero-order valence-electron chi connectivity index (χ0n) is 14.2. The van der Waals surface area contributed by atoms with Gasteiger partial charge in [-0.15, -0.1) is 0 Å². The van der Waals surface area contributed by atoms with Gasteiger partial charge in [-0.25, -0.2) is 9.97 Å². The van der Waals surface area contributed by atoms with Crippen LogP contribution in [0, 0.1) is 0 Å². The van der Waals surface area contributed by atoms with Gasteiger partial charge in [-0.3, -0.25) is 9.59 Å². The summed E-state index contributed by atoms with van der Waals surface area (Å²) < 4.78 is 0. The van der Waals surface area contributed by atoms with Crippen molar-refractivity contribution in [2.24, 2.45) is 0 Å². The molecule has 0 aliphatic carbocycles.